The minimum atomic E-state index is -0.0913. The number of nitrogen functional groups attached to an aromatic ring is 1. The number of nitrogens with zero attached hydrogens (tertiary/aromatic N) is 1. The lowest BCUT2D eigenvalue weighted by atomic mass is 10.2. The van der Waals surface area contributed by atoms with Crippen LogP contribution >= 0.6 is 11.3 Å². The standard InChI is InChI=1S/C19H18N2O2S/c20-15-8-10-17(11-9-15)23-14-19(22)21(13-18-7-4-12-24-18)16-5-2-1-3-6-16/h1-12H,13-14,20H2. The molecule has 1 amide bonds. The van der Waals surface area contributed by atoms with Crippen LogP contribution in [0.15, 0.2) is 72.1 Å². The van der Waals surface area contributed by atoms with Crippen LogP contribution in [0, 0.1) is 0 Å². The van der Waals surface area contributed by atoms with Crippen LogP contribution in [0.1, 0.15) is 4.88 Å². The van der Waals surface area contributed by atoms with Gasteiger partial charge in [0.15, 0.2) is 6.61 Å². The third-order valence-corrected chi connectivity index (χ3v) is 4.37. The molecule has 0 aliphatic heterocycles. The van der Waals surface area contributed by atoms with Crippen molar-refractivity contribution in [3.05, 3.63) is 77.0 Å². The quantitative estimate of drug-likeness (QED) is 0.693. The second kappa shape index (κ2) is 7.66. The summed E-state index contributed by atoms with van der Waals surface area (Å²) in [7, 11) is 0. The summed E-state index contributed by atoms with van der Waals surface area (Å²) >= 11 is 1.63. The van der Waals surface area contributed by atoms with E-state index in [9.17, 15) is 4.79 Å². The van der Waals surface area contributed by atoms with Crippen molar-refractivity contribution in [2.75, 3.05) is 17.2 Å². The van der Waals surface area contributed by atoms with Crippen molar-refractivity contribution in [1.82, 2.24) is 0 Å². The van der Waals surface area contributed by atoms with Gasteiger partial charge in [-0.05, 0) is 47.8 Å². The van der Waals surface area contributed by atoms with Crippen LogP contribution in [-0.4, -0.2) is 12.5 Å². The second-order valence-corrected chi connectivity index (χ2v) is 6.28. The minimum Gasteiger partial charge on any atom is -0.484 e. The van der Waals surface area contributed by atoms with Crippen LogP contribution in [0.5, 0.6) is 5.75 Å². The molecule has 3 aromatic rings. The van der Waals surface area contributed by atoms with Crippen molar-refractivity contribution < 1.29 is 9.53 Å². The van der Waals surface area contributed by atoms with Gasteiger partial charge in [0, 0.05) is 16.3 Å². The lowest BCUT2D eigenvalue weighted by molar-refractivity contribution is -0.120. The Bertz CT molecular complexity index is 771. The van der Waals surface area contributed by atoms with E-state index in [0.29, 0.717) is 18.0 Å². The molecule has 3 rings (SSSR count). The number of carbonyl (C=O) groups excluding carboxylic acids is 1. The molecule has 24 heavy (non-hydrogen) atoms. The third-order valence-electron chi connectivity index (χ3n) is 3.51. The zero-order valence-electron chi connectivity index (χ0n) is 13.1. The molecule has 122 valence electrons. The number of thiophene rings is 1. The Hall–Kier alpha value is -2.79. The summed E-state index contributed by atoms with van der Waals surface area (Å²) in [5, 5.41) is 2.01. The summed E-state index contributed by atoms with van der Waals surface area (Å²) in [6.45, 7) is 0.510. The van der Waals surface area contributed by atoms with E-state index in [4.69, 9.17) is 10.5 Å². The monoisotopic (exact) mass is 338 g/mol. The lowest BCUT2D eigenvalue weighted by Crippen LogP contribution is -2.34. The second-order valence-electron chi connectivity index (χ2n) is 5.25. The summed E-state index contributed by atoms with van der Waals surface area (Å²) in [6, 6.07) is 20.7. The van der Waals surface area contributed by atoms with Crippen molar-refractivity contribution >= 4 is 28.6 Å². The van der Waals surface area contributed by atoms with Crippen molar-refractivity contribution in [1.29, 1.82) is 0 Å². The first-order valence-electron chi connectivity index (χ1n) is 7.58. The van der Waals surface area contributed by atoms with E-state index < -0.39 is 0 Å². The number of hydrogen-bond donors (Lipinski definition) is 1. The largest absolute Gasteiger partial charge is 0.484 e. The average molecular weight is 338 g/mol. The molecule has 0 saturated carbocycles. The lowest BCUT2D eigenvalue weighted by Gasteiger charge is -2.22. The smallest absolute Gasteiger partial charge is 0.265 e. The Morgan fingerprint density at radius 1 is 1.00 bits per heavy atom. The van der Waals surface area contributed by atoms with Crippen LogP contribution in [0.25, 0.3) is 0 Å². The number of para-hydroxylation sites is 1. The molecule has 4 nitrogen and oxygen atoms in total. The van der Waals surface area contributed by atoms with Gasteiger partial charge in [-0.25, -0.2) is 0 Å². The molecule has 1 heterocycles. The van der Waals surface area contributed by atoms with Gasteiger partial charge in [0.05, 0.1) is 6.54 Å². The fraction of sp³-hybridized carbons (Fsp3) is 0.105. The number of hydrogen-bond acceptors (Lipinski definition) is 4. The number of nitrogens with two attached hydrogens (primary N) is 1. The summed E-state index contributed by atoms with van der Waals surface area (Å²) in [5.41, 5.74) is 7.18. The fourth-order valence-electron chi connectivity index (χ4n) is 2.28. The molecule has 0 atom stereocenters. The molecule has 2 N–H and O–H groups in total. The van der Waals surface area contributed by atoms with Crippen LogP contribution in [0.4, 0.5) is 11.4 Å². The highest BCUT2D eigenvalue weighted by Crippen LogP contribution is 2.20. The summed E-state index contributed by atoms with van der Waals surface area (Å²) in [6.07, 6.45) is 0. The Balaban J connectivity index is 1.72. The summed E-state index contributed by atoms with van der Waals surface area (Å²) in [5.74, 6) is 0.535. The van der Waals surface area contributed by atoms with E-state index in [2.05, 4.69) is 0 Å². The van der Waals surface area contributed by atoms with E-state index in [1.807, 2.05) is 47.8 Å². The molecule has 0 spiro atoms. The highest BCUT2D eigenvalue weighted by molar-refractivity contribution is 7.09. The van der Waals surface area contributed by atoms with Gasteiger partial charge < -0.3 is 15.4 Å². The molecule has 2 aromatic carbocycles. The first kappa shape index (κ1) is 16.1. The highest BCUT2D eigenvalue weighted by atomic mass is 32.1. The van der Waals surface area contributed by atoms with E-state index in [1.54, 1.807) is 40.5 Å². The summed E-state index contributed by atoms with van der Waals surface area (Å²) < 4.78 is 5.60. The number of amides is 1. The number of benzene rings is 2. The first-order chi connectivity index (χ1) is 11.7. The third kappa shape index (κ3) is 4.14. The molecule has 0 fully saturated rings. The topological polar surface area (TPSA) is 55.6 Å². The van der Waals surface area contributed by atoms with Gasteiger partial charge in [0.25, 0.3) is 5.91 Å². The van der Waals surface area contributed by atoms with E-state index in [0.717, 1.165) is 10.6 Å². The van der Waals surface area contributed by atoms with Crippen LogP contribution < -0.4 is 15.4 Å². The van der Waals surface area contributed by atoms with Crippen LogP contribution in [0.3, 0.4) is 0 Å². The zero-order valence-corrected chi connectivity index (χ0v) is 13.9. The van der Waals surface area contributed by atoms with Gasteiger partial charge >= 0.3 is 0 Å². The van der Waals surface area contributed by atoms with Gasteiger partial charge in [0.2, 0.25) is 0 Å². The Labute approximate surface area is 145 Å². The molecule has 0 saturated heterocycles. The summed E-state index contributed by atoms with van der Waals surface area (Å²) in [4.78, 5) is 15.6. The van der Waals surface area contributed by atoms with Gasteiger partial charge in [-0.1, -0.05) is 24.3 Å². The molecular weight excluding hydrogens is 320 g/mol. The number of rotatable bonds is 6. The maximum absolute atomic E-state index is 12.7. The molecule has 0 aliphatic rings. The molecule has 0 unspecified atom stereocenters. The Kier molecular flexibility index (Phi) is 5.13. The number of carbonyl (C=O) groups is 1. The van der Waals surface area contributed by atoms with Crippen molar-refractivity contribution in [3.8, 4) is 5.75 Å². The number of anilines is 2. The molecular formula is C19H18N2O2S. The molecule has 5 heteroatoms. The fourth-order valence-corrected chi connectivity index (χ4v) is 2.97. The van der Waals surface area contributed by atoms with Gasteiger partial charge in [-0.3, -0.25) is 4.79 Å². The maximum atomic E-state index is 12.7. The average Bonchev–Trinajstić information content (AvgIpc) is 3.13. The van der Waals surface area contributed by atoms with E-state index >= 15 is 0 Å². The highest BCUT2D eigenvalue weighted by Gasteiger charge is 2.17. The SMILES string of the molecule is Nc1ccc(OCC(=O)N(Cc2cccs2)c2ccccc2)cc1. The predicted molar refractivity (Wildman–Crippen MR) is 98.3 cm³/mol. The Morgan fingerprint density at radius 3 is 2.42 bits per heavy atom. The zero-order chi connectivity index (χ0) is 16.8. The van der Waals surface area contributed by atoms with Gasteiger partial charge in [0.1, 0.15) is 5.75 Å². The normalized spacial score (nSPS) is 10.3. The van der Waals surface area contributed by atoms with Crippen molar-refractivity contribution in [3.63, 3.8) is 0 Å². The first-order valence-corrected chi connectivity index (χ1v) is 8.46. The molecule has 0 aliphatic carbocycles. The van der Waals surface area contributed by atoms with Crippen molar-refractivity contribution in [2.24, 2.45) is 0 Å². The maximum Gasteiger partial charge on any atom is 0.265 e. The van der Waals surface area contributed by atoms with Gasteiger partial charge in [-0.15, -0.1) is 11.3 Å². The molecule has 0 bridgehead atoms. The Morgan fingerprint density at radius 2 is 1.75 bits per heavy atom. The van der Waals surface area contributed by atoms with Crippen LogP contribution in [-0.2, 0) is 11.3 Å². The van der Waals surface area contributed by atoms with E-state index in [1.165, 1.54) is 0 Å². The van der Waals surface area contributed by atoms with Crippen LogP contribution in [0.2, 0.25) is 0 Å². The van der Waals surface area contributed by atoms with Crippen molar-refractivity contribution in [2.45, 2.75) is 6.54 Å². The number of ether oxygens (including phenoxy) is 1. The van der Waals surface area contributed by atoms with E-state index in [-0.39, 0.29) is 12.5 Å². The van der Waals surface area contributed by atoms with Gasteiger partial charge in [-0.2, -0.15) is 0 Å². The molecule has 0 radical (unpaired) electrons. The minimum absolute atomic E-state index is 0.0236. The predicted octanol–water partition coefficient (Wildman–Crippen LogP) is 3.94. The molecule has 1 aromatic heterocycles.